The van der Waals surface area contributed by atoms with Crippen LogP contribution in [0, 0.1) is 17.8 Å². The number of sulfonamides is 1. The Morgan fingerprint density at radius 2 is 2.14 bits per heavy atom. The Morgan fingerprint density at radius 3 is 2.67 bits per heavy atom. The zero-order valence-corrected chi connectivity index (χ0v) is 13.6. The second-order valence-corrected chi connectivity index (χ2v) is 7.64. The molecule has 0 radical (unpaired) electrons. The number of hydrogen-bond donors (Lipinski definition) is 1. The number of nitrogens with zero attached hydrogens (tertiary/aromatic N) is 1. The van der Waals surface area contributed by atoms with Crippen molar-refractivity contribution >= 4 is 21.6 Å². The third-order valence-corrected chi connectivity index (χ3v) is 6.02. The predicted octanol–water partition coefficient (Wildman–Crippen LogP) is 2.10. The maximum atomic E-state index is 12.7. The van der Waals surface area contributed by atoms with Crippen LogP contribution >= 0.6 is 11.6 Å². The van der Waals surface area contributed by atoms with Gasteiger partial charge in [0.1, 0.15) is 11.5 Å². The molecule has 0 amide bonds. The molecule has 1 aliphatic rings. The van der Waals surface area contributed by atoms with Gasteiger partial charge in [-0.2, -0.15) is 4.31 Å². The van der Waals surface area contributed by atoms with Crippen molar-refractivity contribution in [2.75, 3.05) is 13.2 Å². The summed E-state index contributed by atoms with van der Waals surface area (Å²) in [6, 6.07) is 4.58. The summed E-state index contributed by atoms with van der Waals surface area (Å²) in [5.74, 6) is 5.56. The average Bonchev–Trinajstić information content (AvgIpc) is 2.76. The number of halogens is 1. The summed E-state index contributed by atoms with van der Waals surface area (Å²) < 4.78 is 26.9. The highest BCUT2D eigenvalue weighted by Gasteiger charge is 2.36. The number of aliphatic hydroxyl groups excluding tert-OH is 1. The van der Waals surface area contributed by atoms with Crippen molar-refractivity contribution in [1.29, 1.82) is 0 Å². The van der Waals surface area contributed by atoms with Crippen LogP contribution in [0.5, 0.6) is 0 Å². The van der Waals surface area contributed by atoms with E-state index in [0.717, 1.165) is 6.42 Å². The van der Waals surface area contributed by atoms with Crippen molar-refractivity contribution in [3.63, 3.8) is 0 Å². The summed E-state index contributed by atoms with van der Waals surface area (Å²) in [4.78, 5) is 0.111. The van der Waals surface area contributed by atoms with E-state index in [-0.39, 0.29) is 22.6 Å². The van der Waals surface area contributed by atoms with Crippen molar-refractivity contribution < 1.29 is 13.5 Å². The van der Waals surface area contributed by atoms with E-state index >= 15 is 0 Å². The average molecular weight is 328 g/mol. The topological polar surface area (TPSA) is 57.6 Å². The van der Waals surface area contributed by atoms with Gasteiger partial charge in [-0.1, -0.05) is 30.4 Å². The molecule has 2 atom stereocenters. The van der Waals surface area contributed by atoms with Crippen LogP contribution in [-0.2, 0) is 10.0 Å². The minimum atomic E-state index is -3.58. The first-order valence-electron chi connectivity index (χ1n) is 6.77. The predicted molar refractivity (Wildman–Crippen MR) is 82.6 cm³/mol. The minimum absolute atomic E-state index is 0.0186. The van der Waals surface area contributed by atoms with E-state index in [9.17, 15) is 8.42 Å². The van der Waals surface area contributed by atoms with Gasteiger partial charge in [0.25, 0.3) is 0 Å². The maximum Gasteiger partial charge on any atom is 0.244 e. The fourth-order valence-corrected chi connectivity index (χ4v) is 4.93. The Bertz CT molecular complexity index is 691. The fraction of sp³-hybridized carbons (Fsp3) is 0.467. The molecule has 1 heterocycles. The molecule has 21 heavy (non-hydrogen) atoms. The molecule has 1 aliphatic heterocycles. The normalized spacial score (nSPS) is 22.9. The largest absolute Gasteiger partial charge is 0.384 e. The molecule has 2 rings (SSSR count). The van der Waals surface area contributed by atoms with Crippen molar-refractivity contribution in [3.05, 3.63) is 28.8 Å². The van der Waals surface area contributed by atoms with Crippen LogP contribution in [0.4, 0.5) is 0 Å². The van der Waals surface area contributed by atoms with Crippen LogP contribution in [0.15, 0.2) is 23.1 Å². The van der Waals surface area contributed by atoms with Gasteiger partial charge in [0.2, 0.25) is 10.0 Å². The number of benzene rings is 1. The first-order valence-corrected chi connectivity index (χ1v) is 8.59. The third kappa shape index (κ3) is 3.41. The van der Waals surface area contributed by atoms with Gasteiger partial charge in [-0.3, -0.25) is 0 Å². The standard InChI is InChI=1S/C15H18ClNO3S/c1-11-8-12(2)17(10-11)21(19,20)15-6-5-13(4-3-7-18)9-14(15)16/h5-6,9,11-12,18H,7-8,10H2,1-2H3. The van der Waals surface area contributed by atoms with Gasteiger partial charge in [0.05, 0.1) is 5.02 Å². The summed E-state index contributed by atoms with van der Waals surface area (Å²) in [6.07, 6.45) is 0.858. The van der Waals surface area contributed by atoms with Gasteiger partial charge in [-0.15, -0.1) is 0 Å². The monoisotopic (exact) mass is 327 g/mol. The third-order valence-electron chi connectivity index (χ3n) is 3.56. The molecule has 0 bridgehead atoms. The summed E-state index contributed by atoms with van der Waals surface area (Å²) in [5.41, 5.74) is 0.579. The van der Waals surface area contributed by atoms with E-state index in [4.69, 9.17) is 16.7 Å². The number of hydrogen-bond acceptors (Lipinski definition) is 3. The molecule has 0 aliphatic carbocycles. The lowest BCUT2D eigenvalue weighted by Crippen LogP contribution is -2.34. The molecule has 2 unspecified atom stereocenters. The van der Waals surface area contributed by atoms with Crippen LogP contribution in [0.25, 0.3) is 0 Å². The number of rotatable bonds is 2. The van der Waals surface area contributed by atoms with Crippen LogP contribution < -0.4 is 0 Å². The van der Waals surface area contributed by atoms with Crippen molar-refractivity contribution in [3.8, 4) is 11.8 Å². The van der Waals surface area contributed by atoms with E-state index in [0.29, 0.717) is 18.0 Å². The Morgan fingerprint density at radius 1 is 1.43 bits per heavy atom. The zero-order chi connectivity index (χ0) is 15.6. The summed E-state index contributed by atoms with van der Waals surface area (Å²) in [6.45, 7) is 4.23. The first kappa shape index (κ1) is 16.3. The summed E-state index contributed by atoms with van der Waals surface area (Å²) in [7, 11) is -3.58. The molecule has 1 aromatic carbocycles. The molecule has 6 heteroatoms. The zero-order valence-electron chi connectivity index (χ0n) is 12.0. The minimum Gasteiger partial charge on any atom is -0.384 e. The van der Waals surface area contributed by atoms with Crippen LogP contribution in [0.2, 0.25) is 5.02 Å². The fourth-order valence-electron chi connectivity index (χ4n) is 2.65. The Balaban J connectivity index is 2.37. The molecule has 0 aromatic heterocycles. The summed E-state index contributed by atoms with van der Waals surface area (Å²) >= 11 is 6.12. The van der Waals surface area contributed by atoms with Crippen LogP contribution in [0.3, 0.4) is 0 Å². The highest BCUT2D eigenvalue weighted by Crippen LogP contribution is 2.32. The molecule has 1 aromatic rings. The van der Waals surface area contributed by atoms with Crippen molar-refractivity contribution in [2.45, 2.75) is 31.2 Å². The Labute approximate surface area is 130 Å². The van der Waals surface area contributed by atoms with Crippen LogP contribution in [-0.4, -0.2) is 37.0 Å². The highest BCUT2D eigenvalue weighted by molar-refractivity contribution is 7.89. The second-order valence-electron chi connectivity index (χ2n) is 5.37. The number of aliphatic hydroxyl groups is 1. The van der Waals surface area contributed by atoms with E-state index in [1.807, 2.05) is 13.8 Å². The molecule has 0 spiro atoms. The molecular formula is C15H18ClNO3S. The highest BCUT2D eigenvalue weighted by atomic mass is 35.5. The molecule has 1 N–H and O–H groups in total. The second kappa shape index (κ2) is 6.37. The smallest absolute Gasteiger partial charge is 0.244 e. The van der Waals surface area contributed by atoms with E-state index in [1.165, 1.54) is 16.4 Å². The lowest BCUT2D eigenvalue weighted by atomic mass is 10.1. The Kier molecular flexibility index (Phi) is 4.95. The van der Waals surface area contributed by atoms with E-state index < -0.39 is 10.0 Å². The lowest BCUT2D eigenvalue weighted by Gasteiger charge is -2.21. The van der Waals surface area contributed by atoms with Crippen LogP contribution in [0.1, 0.15) is 25.8 Å². The Hall–Kier alpha value is -1.06. The SMILES string of the molecule is CC1CC(C)N(S(=O)(=O)c2ccc(C#CCO)cc2Cl)C1. The lowest BCUT2D eigenvalue weighted by molar-refractivity contribution is 0.350. The van der Waals surface area contributed by atoms with Gasteiger partial charge in [0, 0.05) is 18.2 Å². The summed E-state index contributed by atoms with van der Waals surface area (Å²) in [5, 5.41) is 8.83. The van der Waals surface area contributed by atoms with Gasteiger partial charge in [-0.25, -0.2) is 8.42 Å². The molecule has 1 fully saturated rings. The molecule has 1 saturated heterocycles. The molecule has 0 saturated carbocycles. The van der Waals surface area contributed by atoms with Gasteiger partial charge < -0.3 is 5.11 Å². The molecule has 114 valence electrons. The van der Waals surface area contributed by atoms with Gasteiger partial charge in [-0.05, 0) is 37.5 Å². The quantitative estimate of drug-likeness (QED) is 0.846. The van der Waals surface area contributed by atoms with E-state index in [1.54, 1.807) is 6.07 Å². The maximum absolute atomic E-state index is 12.7. The van der Waals surface area contributed by atoms with E-state index in [2.05, 4.69) is 11.8 Å². The van der Waals surface area contributed by atoms with Gasteiger partial charge in [0.15, 0.2) is 0 Å². The molecule has 4 nitrogen and oxygen atoms in total. The first-order chi connectivity index (χ1) is 9.86. The van der Waals surface area contributed by atoms with Gasteiger partial charge >= 0.3 is 0 Å². The van der Waals surface area contributed by atoms with Crippen molar-refractivity contribution in [1.82, 2.24) is 4.31 Å². The molecular weight excluding hydrogens is 310 g/mol. The van der Waals surface area contributed by atoms with Crippen molar-refractivity contribution in [2.24, 2.45) is 5.92 Å².